The Labute approximate surface area is 177 Å². The van der Waals surface area contributed by atoms with Crippen molar-refractivity contribution in [3.05, 3.63) is 63.9 Å². The van der Waals surface area contributed by atoms with Crippen molar-refractivity contribution in [1.82, 2.24) is 5.32 Å². The molecule has 3 nitrogen and oxygen atoms in total. The molecule has 4 heteroatoms. The predicted octanol–water partition coefficient (Wildman–Crippen LogP) is 6.36. The molecule has 2 aromatic carbocycles. The third-order valence-electron chi connectivity index (χ3n) is 6.88. The summed E-state index contributed by atoms with van der Waals surface area (Å²) in [5.74, 6) is 0.763. The first-order valence-electron chi connectivity index (χ1n) is 10.5. The Morgan fingerprint density at radius 2 is 1.76 bits per heavy atom. The van der Waals surface area contributed by atoms with Crippen molar-refractivity contribution in [2.45, 2.75) is 58.4 Å². The van der Waals surface area contributed by atoms with Gasteiger partial charge in [-0.05, 0) is 85.4 Å². The zero-order valence-corrected chi connectivity index (χ0v) is 18.1. The summed E-state index contributed by atoms with van der Waals surface area (Å²) in [5, 5.41) is 15.1. The van der Waals surface area contributed by atoms with Gasteiger partial charge in [0.2, 0.25) is 0 Å². The Kier molecular flexibility index (Phi) is 5.20. The molecule has 1 fully saturated rings. The molecule has 2 aromatic rings. The number of rotatable bonds is 3. The van der Waals surface area contributed by atoms with Crippen molar-refractivity contribution in [3.63, 3.8) is 0 Å². The van der Waals surface area contributed by atoms with Crippen LogP contribution >= 0.6 is 11.6 Å². The molecule has 152 valence electrons. The van der Waals surface area contributed by atoms with Crippen molar-refractivity contribution < 1.29 is 9.90 Å². The van der Waals surface area contributed by atoms with Gasteiger partial charge in [0.25, 0.3) is 5.91 Å². The van der Waals surface area contributed by atoms with Crippen LogP contribution in [0, 0.1) is 19.8 Å². The second-order valence-electron chi connectivity index (χ2n) is 8.55. The molecule has 1 amide bonds. The van der Waals surface area contributed by atoms with Gasteiger partial charge in [-0.3, -0.25) is 4.79 Å². The molecule has 0 bridgehead atoms. The van der Waals surface area contributed by atoms with E-state index < -0.39 is 5.54 Å². The zero-order valence-electron chi connectivity index (χ0n) is 17.3. The third-order valence-corrected chi connectivity index (χ3v) is 7.14. The molecule has 0 saturated heterocycles. The van der Waals surface area contributed by atoms with E-state index in [2.05, 4.69) is 18.3 Å². The van der Waals surface area contributed by atoms with E-state index in [1.165, 1.54) is 0 Å². The largest absolute Gasteiger partial charge is 0.509 e. The molecule has 0 atom stereocenters. The number of hydrogen-bond acceptors (Lipinski definition) is 2. The van der Waals surface area contributed by atoms with Crippen molar-refractivity contribution in [1.29, 1.82) is 0 Å². The highest BCUT2D eigenvalue weighted by Crippen LogP contribution is 2.45. The summed E-state index contributed by atoms with van der Waals surface area (Å²) >= 11 is 6.05. The van der Waals surface area contributed by atoms with E-state index in [0.717, 1.165) is 59.9 Å². The molecule has 2 N–H and O–H groups in total. The van der Waals surface area contributed by atoms with Gasteiger partial charge in [-0.15, -0.1) is 0 Å². The van der Waals surface area contributed by atoms with Crippen LogP contribution in [-0.2, 0) is 4.79 Å². The number of aliphatic hydroxyl groups is 1. The van der Waals surface area contributed by atoms with Gasteiger partial charge in [0, 0.05) is 5.02 Å². The molecule has 4 rings (SSSR count). The number of carbonyl (C=O) groups excluding carboxylic acids is 1. The topological polar surface area (TPSA) is 49.3 Å². The van der Waals surface area contributed by atoms with Crippen LogP contribution in [0.5, 0.6) is 0 Å². The molecular formula is C25H28ClNO2. The summed E-state index contributed by atoms with van der Waals surface area (Å²) in [6.07, 6.45) is 4.85. The fourth-order valence-corrected chi connectivity index (χ4v) is 5.16. The fraction of sp³-hybridized carbons (Fsp3) is 0.400. The van der Waals surface area contributed by atoms with Crippen molar-refractivity contribution in [3.8, 4) is 11.1 Å². The average molecular weight is 410 g/mol. The SMILES string of the molecule is CCC1CCC2(CC1)NC(=O)C(c1c(C)ccc(-c3ccc(Cl)cc3)c1C)=C2O. The van der Waals surface area contributed by atoms with Gasteiger partial charge < -0.3 is 10.4 Å². The highest BCUT2D eigenvalue weighted by molar-refractivity contribution is 6.30. The fourth-order valence-electron chi connectivity index (χ4n) is 5.03. The van der Waals surface area contributed by atoms with Gasteiger partial charge in [-0.25, -0.2) is 0 Å². The first-order valence-corrected chi connectivity index (χ1v) is 10.9. The van der Waals surface area contributed by atoms with Crippen LogP contribution in [0.25, 0.3) is 16.7 Å². The molecule has 1 saturated carbocycles. The highest BCUT2D eigenvalue weighted by atomic mass is 35.5. The second-order valence-corrected chi connectivity index (χ2v) is 8.98. The highest BCUT2D eigenvalue weighted by Gasteiger charge is 2.48. The van der Waals surface area contributed by atoms with Gasteiger partial charge in [-0.2, -0.15) is 0 Å². The van der Waals surface area contributed by atoms with E-state index in [9.17, 15) is 9.90 Å². The van der Waals surface area contributed by atoms with Crippen LogP contribution in [0.1, 0.15) is 55.7 Å². The van der Waals surface area contributed by atoms with Crippen molar-refractivity contribution in [2.75, 3.05) is 0 Å². The lowest BCUT2D eigenvalue weighted by atomic mass is 9.74. The first kappa shape index (κ1) is 20.0. The lowest BCUT2D eigenvalue weighted by Gasteiger charge is -2.37. The molecule has 0 aromatic heterocycles. The number of amides is 1. The van der Waals surface area contributed by atoms with E-state index in [1.807, 2.05) is 44.2 Å². The van der Waals surface area contributed by atoms with E-state index in [-0.39, 0.29) is 11.7 Å². The first-order chi connectivity index (χ1) is 13.9. The number of benzene rings is 2. The number of hydrogen-bond donors (Lipinski definition) is 2. The van der Waals surface area contributed by atoms with Crippen LogP contribution in [0.15, 0.2) is 42.2 Å². The number of aliphatic hydroxyl groups excluding tert-OH is 1. The van der Waals surface area contributed by atoms with E-state index >= 15 is 0 Å². The van der Waals surface area contributed by atoms with E-state index in [4.69, 9.17) is 11.6 Å². The van der Waals surface area contributed by atoms with Crippen LogP contribution in [0.2, 0.25) is 5.02 Å². The Morgan fingerprint density at radius 3 is 2.38 bits per heavy atom. The lowest BCUT2D eigenvalue weighted by molar-refractivity contribution is -0.116. The average Bonchev–Trinajstić information content (AvgIpc) is 2.94. The van der Waals surface area contributed by atoms with Gasteiger partial charge in [0.05, 0.1) is 11.1 Å². The van der Waals surface area contributed by atoms with Gasteiger partial charge in [0.15, 0.2) is 0 Å². The number of nitrogens with one attached hydrogen (secondary N) is 1. The standard InChI is InChI=1S/C25H28ClNO2/c1-4-17-11-13-25(14-12-17)23(28)22(24(29)27-25)21-15(2)5-10-20(16(21)3)18-6-8-19(26)9-7-18/h5-10,17,28H,4,11-14H2,1-3H3,(H,27,29). The second kappa shape index (κ2) is 7.53. The van der Waals surface area contributed by atoms with Crippen LogP contribution in [-0.4, -0.2) is 16.6 Å². The molecular weight excluding hydrogens is 382 g/mol. The summed E-state index contributed by atoms with van der Waals surface area (Å²) in [4.78, 5) is 13.1. The summed E-state index contributed by atoms with van der Waals surface area (Å²) in [6.45, 7) is 6.24. The van der Waals surface area contributed by atoms with Crippen LogP contribution in [0.4, 0.5) is 0 Å². The predicted molar refractivity (Wildman–Crippen MR) is 119 cm³/mol. The summed E-state index contributed by atoms with van der Waals surface area (Å²) < 4.78 is 0. The Bertz CT molecular complexity index is 983. The Balaban J connectivity index is 1.80. The van der Waals surface area contributed by atoms with Crippen molar-refractivity contribution in [2.24, 2.45) is 5.92 Å². The smallest absolute Gasteiger partial charge is 0.256 e. The lowest BCUT2D eigenvalue weighted by Crippen LogP contribution is -2.47. The zero-order chi connectivity index (χ0) is 20.8. The van der Waals surface area contributed by atoms with Gasteiger partial charge >= 0.3 is 0 Å². The van der Waals surface area contributed by atoms with E-state index in [1.54, 1.807) is 0 Å². The molecule has 29 heavy (non-hydrogen) atoms. The number of aryl methyl sites for hydroxylation is 1. The molecule has 0 unspecified atom stereocenters. The van der Waals surface area contributed by atoms with E-state index in [0.29, 0.717) is 16.5 Å². The molecule has 1 spiro atoms. The number of carbonyl (C=O) groups is 1. The minimum absolute atomic E-state index is 0.156. The van der Waals surface area contributed by atoms with Gasteiger partial charge in [-0.1, -0.05) is 49.2 Å². The summed E-state index contributed by atoms with van der Waals surface area (Å²) in [5.41, 5.74) is 4.80. The molecule has 1 heterocycles. The minimum atomic E-state index is -0.590. The summed E-state index contributed by atoms with van der Waals surface area (Å²) in [6, 6.07) is 11.8. The minimum Gasteiger partial charge on any atom is -0.509 e. The maximum atomic E-state index is 13.1. The Morgan fingerprint density at radius 1 is 1.10 bits per heavy atom. The quantitative estimate of drug-likeness (QED) is 0.619. The maximum Gasteiger partial charge on any atom is 0.256 e. The molecule has 2 aliphatic rings. The number of halogens is 1. The molecule has 1 aliphatic carbocycles. The molecule has 1 aliphatic heterocycles. The van der Waals surface area contributed by atoms with Crippen LogP contribution in [0.3, 0.4) is 0 Å². The van der Waals surface area contributed by atoms with Crippen LogP contribution < -0.4 is 5.32 Å². The third kappa shape index (κ3) is 3.36. The monoisotopic (exact) mass is 409 g/mol. The normalized spacial score (nSPS) is 24.3. The van der Waals surface area contributed by atoms with Crippen molar-refractivity contribution >= 4 is 23.1 Å². The Hall–Kier alpha value is -2.26. The van der Waals surface area contributed by atoms with Gasteiger partial charge in [0.1, 0.15) is 5.76 Å². The maximum absolute atomic E-state index is 13.1. The molecule has 0 radical (unpaired) electrons. The summed E-state index contributed by atoms with van der Waals surface area (Å²) in [7, 11) is 0.